The summed E-state index contributed by atoms with van der Waals surface area (Å²) in [6.45, 7) is 0. The van der Waals surface area contributed by atoms with Gasteiger partial charge in [0.2, 0.25) is 0 Å². The lowest BCUT2D eigenvalue weighted by molar-refractivity contribution is -0.122. The highest BCUT2D eigenvalue weighted by Gasteiger charge is 2.53. The molecule has 0 heterocycles. The molecule has 0 N–H and O–H groups in total. The van der Waals surface area contributed by atoms with E-state index in [0.717, 1.165) is 18.4 Å². The van der Waals surface area contributed by atoms with E-state index in [1.807, 2.05) is 30.3 Å². The van der Waals surface area contributed by atoms with Crippen LogP contribution in [0.5, 0.6) is 0 Å². The van der Waals surface area contributed by atoms with E-state index in [2.05, 4.69) is 0 Å². The second kappa shape index (κ2) is 3.79. The third kappa shape index (κ3) is 1.47. The Bertz CT molecular complexity index is 475. The smallest absolute Gasteiger partial charge is 0.192 e. The van der Waals surface area contributed by atoms with Crippen LogP contribution in [-0.2, 0) is 10.2 Å². The molecule has 0 saturated heterocycles. The lowest BCUT2D eigenvalue weighted by Gasteiger charge is -2.14. The van der Waals surface area contributed by atoms with Crippen LogP contribution in [0.4, 0.5) is 0 Å². The van der Waals surface area contributed by atoms with Gasteiger partial charge in [-0.1, -0.05) is 30.3 Å². The summed E-state index contributed by atoms with van der Waals surface area (Å²) < 4.78 is 0. The summed E-state index contributed by atoms with van der Waals surface area (Å²) in [7, 11) is 0. The van der Waals surface area contributed by atoms with Crippen LogP contribution in [0, 0.1) is 28.6 Å². The van der Waals surface area contributed by atoms with Gasteiger partial charge in [0.1, 0.15) is 0 Å². The third-order valence-electron chi connectivity index (χ3n) is 3.07. The van der Waals surface area contributed by atoms with Crippen molar-refractivity contribution in [2.24, 2.45) is 5.92 Å². The van der Waals surface area contributed by atoms with Gasteiger partial charge in [0.25, 0.3) is 0 Å². The van der Waals surface area contributed by atoms with Crippen LogP contribution in [0.15, 0.2) is 30.3 Å². The van der Waals surface area contributed by atoms with E-state index in [1.165, 1.54) is 0 Å². The SMILES string of the molecule is N#CC(C#N)C(=O)C1(c2ccccc2)CC1. The van der Waals surface area contributed by atoms with E-state index in [-0.39, 0.29) is 5.78 Å². The molecule has 1 aliphatic carbocycles. The normalized spacial score (nSPS) is 16.2. The largest absolute Gasteiger partial charge is 0.296 e. The first-order chi connectivity index (χ1) is 7.74. The van der Waals surface area contributed by atoms with Gasteiger partial charge in [-0.3, -0.25) is 4.79 Å². The number of benzene rings is 1. The van der Waals surface area contributed by atoms with Crippen molar-refractivity contribution in [1.82, 2.24) is 0 Å². The van der Waals surface area contributed by atoms with E-state index in [9.17, 15) is 4.79 Å². The summed E-state index contributed by atoms with van der Waals surface area (Å²) >= 11 is 0. The maximum absolute atomic E-state index is 12.0. The van der Waals surface area contributed by atoms with E-state index >= 15 is 0 Å². The predicted molar refractivity (Wildman–Crippen MR) is 57.1 cm³/mol. The number of hydrogen-bond acceptors (Lipinski definition) is 3. The highest BCUT2D eigenvalue weighted by molar-refractivity contribution is 5.98. The second-order valence-corrected chi connectivity index (χ2v) is 4.00. The maximum atomic E-state index is 12.0. The monoisotopic (exact) mass is 210 g/mol. The standard InChI is InChI=1S/C13H10N2O/c14-8-10(9-15)12(16)13(6-7-13)11-4-2-1-3-5-11/h1-5,10H,6-7H2. The van der Waals surface area contributed by atoms with Crippen molar-refractivity contribution in [3.8, 4) is 12.1 Å². The van der Waals surface area contributed by atoms with Gasteiger partial charge in [0.05, 0.1) is 17.6 Å². The minimum atomic E-state index is -1.14. The summed E-state index contributed by atoms with van der Waals surface area (Å²) in [5.41, 5.74) is 0.368. The van der Waals surface area contributed by atoms with Crippen LogP contribution >= 0.6 is 0 Å². The maximum Gasteiger partial charge on any atom is 0.192 e. The summed E-state index contributed by atoms with van der Waals surface area (Å²) in [6, 6.07) is 12.9. The Labute approximate surface area is 93.9 Å². The molecule has 1 aromatic carbocycles. The Kier molecular flexibility index (Phi) is 2.46. The van der Waals surface area contributed by atoms with Crippen LogP contribution < -0.4 is 0 Å². The van der Waals surface area contributed by atoms with Gasteiger partial charge in [-0.25, -0.2) is 0 Å². The first-order valence-corrected chi connectivity index (χ1v) is 5.14. The number of nitriles is 2. The molecule has 78 valence electrons. The molecule has 16 heavy (non-hydrogen) atoms. The molecule has 0 atom stereocenters. The number of carbonyl (C=O) groups is 1. The molecule has 1 saturated carbocycles. The topological polar surface area (TPSA) is 64.7 Å². The van der Waals surface area contributed by atoms with Gasteiger partial charge < -0.3 is 0 Å². The van der Waals surface area contributed by atoms with Crippen LogP contribution in [0.1, 0.15) is 18.4 Å². The van der Waals surface area contributed by atoms with Crippen molar-refractivity contribution in [2.45, 2.75) is 18.3 Å². The molecule has 1 aliphatic rings. The number of nitrogens with zero attached hydrogens (tertiary/aromatic N) is 2. The summed E-state index contributed by atoms with van der Waals surface area (Å²) in [5, 5.41) is 17.5. The minimum Gasteiger partial charge on any atom is -0.296 e. The van der Waals surface area contributed by atoms with Gasteiger partial charge in [-0.05, 0) is 18.4 Å². The average molecular weight is 210 g/mol. The molecule has 1 fully saturated rings. The van der Waals surface area contributed by atoms with E-state index in [4.69, 9.17) is 10.5 Å². The third-order valence-corrected chi connectivity index (χ3v) is 3.07. The zero-order valence-corrected chi connectivity index (χ0v) is 8.68. The molecule has 3 heteroatoms. The molecule has 0 aliphatic heterocycles. The molecular formula is C13H10N2O. The van der Waals surface area contributed by atoms with Crippen LogP contribution in [-0.4, -0.2) is 5.78 Å². The Balaban J connectivity index is 2.33. The van der Waals surface area contributed by atoms with Crippen molar-refractivity contribution >= 4 is 5.78 Å². The molecular weight excluding hydrogens is 200 g/mol. The Morgan fingerprint density at radius 3 is 2.19 bits per heavy atom. The quantitative estimate of drug-likeness (QED) is 0.765. The van der Waals surface area contributed by atoms with E-state index in [1.54, 1.807) is 12.1 Å². The number of Topliss-reactive ketones (excluding diaryl/α,β-unsaturated/α-hetero) is 1. The molecule has 0 unspecified atom stereocenters. The first kappa shape index (κ1) is 10.4. The zero-order valence-electron chi connectivity index (χ0n) is 8.68. The zero-order chi connectivity index (χ0) is 11.6. The van der Waals surface area contributed by atoms with Gasteiger partial charge in [0, 0.05) is 0 Å². The number of ketones is 1. The second-order valence-electron chi connectivity index (χ2n) is 4.00. The molecule has 2 rings (SSSR count). The van der Waals surface area contributed by atoms with Crippen molar-refractivity contribution in [2.75, 3.05) is 0 Å². The van der Waals surface area contributed by atoms with Crippen LogP contribution in [0.3, 0.4) is 0 Å². The molecule has 0 amide bonds. The van der Waals surface area contributed by atoms with Crippen LogP contribution in [0.2, 0.25) is 0 Å². The highest BCUT2D eigenvalue weighted by Crippen LogP contribution is 2.50. The van der Waals surface area contributed by atoms with Crippen LogP contribution in [0.25, 0.3) is 0 Å². The lowest BCUT2D eigenvalue weighted by atomic mass is 9.85. The van der Waals surface area contributed by atoms with Crippen molar-refractivity contribution in [3.05, 3.63) is 35.9 Å². The fraction of sp³-hybridized carbons (Fsp3) is 0.308. The lowest BCUT2D eigenvalue weighted by Crippen LogP contribution is -2.26. The van der Waals surface area contributed by atoms with E-state index < -0.39 is 11.3 Å². The Morgan fingerprint density at radius 2 is 1.75 bits per heavy atom. The van der Waals surface area contributed by atoms with Gasteiger partial charge >= 0.3 is 0 Å². The minimum absolute atomic E-state index is 0.247. The number of hydrogen-bond donors (Lipinski definition) is 0. The average Bonchev–Trinajstić information content (AvgIpc) is 3.13. The summed E-state index contributed by atoms with van der Waals surface area (Å²) in [5.74, 6) is -1.38. The molecule has 0 radical (unpaired) electrons. The van der Waals surface area contributed by atoms with Gasteiger partial charge in [-0.15, -0.1) is 0 Å². The number of rotatable bonds is 3. The van der Waals surface area contributed by atoms with Gasteiger partial charge in [0.15, 0.2) is 11.7 Å². The molecule has 0 spiro atoms. The van der Waals surface area contributed by atoms with E-state index in [0.29, 0.717) is 0 Å². The fourth-order valence-electron chi connectivity index (χ4n) is 1.98. The van der Waals surface area contributed by atoms with Gasteiger partial charge in [-0.2, -0.15) is 10.5 Å². The Hall–Kier alpha value is -2.13. The Morgan fingerprint density at radius 1 is 1.19 bits per heavy atom. The molecule has 0 bridgehead atoms. The van der Waals surface area contributed by atoms with Crippen molar-refractivity contribution in [1.29, 1.82) is 10.5 Å². The first-order valence-electron chi connectivity index (χ1n) is 5.14. The highest BCUT2D eigenvalue weighted by atomic mass is 16.1. The summed E-state index contributed by atoms with van der Waals surface area (Å²) in [6.07, 6.45) is 1.49. The molecule has 1 aromatic rings. The van der Waals surface area contributed by atoms with Crippen molar-refractivity contribution in [3.63, 3.8) is 0 Å². The molecule has 0 aromatic heterocycles. The van der Waals surface area contributed by atoms with Crippen molar-refractivity contribution < 1.29 is 4.79 Å². The fourth-order valence-corrected chi connectivity index (χ4v) is 1.98. The summed E-state index contributed by atoms with van der Waals surface area (Å²) in [4.78, 5) is 12.0. The molecule has 3 nitrogen and oxygen atoms in total. The predicted octanol–water partition coefficient (Wildman–Crippen LogP) is 1.95. The number of carbonyl (C=O) groups excluding carboxylic acids is 1.